The maximum absolute atomic E-state index is 12.9. The second kappa shape index (κ2) is 10.5. The van der Waals surface area contributed by atoms with Crippen LogP contribution in [0.25, 0.3) is 0 Å². The van der Waals surface area contributed by atoms with E-state index >= 15 is 0 Å². The number of amides is 5. The van der Waals surface area contributed by atoms with Crippen LogP contribution in [0, 0.1) is 5.92 Å². The zero-order chi connectivity index (χ0) is 22.3. The van der Waals surface area contributed by atoms with Gasteiger partial charge in [0.2, 0.25) is 11.8 Å². The number of hydrogen-bond acceptors (Lipinski definition) is 5. The van der Waals surface area contributed by atoms with Crippen LogP contribution < -0.4 is 21.7 Å². The van der Waals surface area contributed by atoms with Crippen LogP contribution in [0.15, 0.2) is 35.5 Å². The molecule has 0 spiro atoms. The molecule has 0 unspecified atom stereocenters. The molecule has 3 atom stereocenters. The molecular formula is C20H29N5O5. The molecule has 5 amide bonds. The molecule has 10 heteroatoms. The number of primary amides is 1. The molecule has 1 fully saturated rings. The van der Waals surface area contributed by atoms with Crippen LogP contribution in [-0.4, -0.2) is 59.9 Å². The molecule has 0 saturated carbocycles. The summed E-state index contributed by atoms with van der Waals surface area (Å²) in [4.78, 5) is 50.8. The molecule has 1 aromatic heterocycles. The van der Waals surface area contributed by atoms with Crippen molar-refractivity contribution in [2.24, 2.45) is 11.7 Å². The Morgan fingerprint density at radius 1 is 1.37 bits per heavy atom. The lowest BCUT2D eigenvalue weighted by Crippen LogP contribution is -2.52. The molecule has 0 aliphatic carbocycles. The van der Waals surface area contributed by atoms with Crippen molar-refractivity contribution < 1.29 is 23.6 Å². The van der Waals surface area contributed by atoms with Crippen LogP contribution >= 0.6 is 0 Å². The molecule has 2 heterocycles. The first kappa shape index (κ1) is 23.0. The van der Waals surface area contributed by atoms with Gasteiger partial charge >= 0.3 is 6.03 Å². The Kier molecular flexibility index (Phi) is 8.02. The van der Waals surface area contributed by atoms with Crippen LogP contribution in [0.1, 0.15) is 37.2 Å². The Morgan fingerprint density at radius 3 is 2.67 bits per heavy atom. The van der Waals surface area contributed by atoms with Crippen LogP contribution in [0.4, 0.5) is 4.79 Å². The second-order valence-corrected chi connectivity index (χ2v) is 7.62. The molecular weight excluding hydrogens is 390 g/mol. The van der Waals surface area contributed by atoms with Crippen molar-refractivity contribution in [2.75, 3.05) is 13.1 Å². The van der Waals surface area contributed by atoms with E-state index in [2.05, 4.69) is 22.5 Å². The van der Waals surface area contributed by atoms with E-state index in [4.69, 9.17) is 10.2 Å². The fourth-order valence-electron chi connectivity index (χ4n) is 3.34. The van der Waals surface area contributed by atoms with Crippen molar-refractivity contribution in [2.45, 2.75) is 44.8 Å². The maximum Gasteiger partial charge on any atom is 0.315 e. The number of rotatable bonds is 9. The summed E-state index contributed by atoms with van der Waals surface area (Å²) < 4.78 is 5.17. The predicted octanol–water partition coefficient (Wildman–Crippen LogP) is 0.364. The molecule has 1 aliphatic heterocycles. The summed E-state index contributed by atoms with van der Waals surface area (Å²) in [5.41, 5.74) is 5.42. The lowest BCUT2D eigenvalue weighted by Gasteiger charge is -2.25. The summed E-state index contributed by atoms with van der Waals surface area (Å²) in [6.07, 6.45) is 3.47. The summed E-state index contributed by atoms with van der Waals surface area (Å²) in [6, 6.07) is 0.452. The maximum atomic E-state index is 12.9. The third-order valence-electron chi connectivity index (χ3n) is 4.71. The number of carbonyl (C=O) groups is 4. The van der Waals surface area contributed by atoms with E-state index < -0.39 is 41.9 Å². The van der Waals surface area contributed by atoms with Crippen molar-refractivity contribution in [1.82, 2.24) is 20.9 Å². The average molecular weight is 419 g/mol. The van der Waals surface area contributed by atoms with E-state index in [1.807, 2.05) is 13.8 Å². The largest absolute Gasteiger partial charge is 0.459 e. The smallest absolute Gasteiger partial charge is 0.315 e. The van der Waals surface area contributed by atoms with Crippen molar-refractivity contribution in [3.05, 3.63) is 36.8 Å². The van der Waals surface area contributed by atoms with Gasteiger partial charge in [-0.1, -0.05) is 19.9 Å². The van der Waals surface area contributed by atoms with E-state index in [0.717, 1.165) is 0 Å². The summed E-state index contributed by atoms with van der Waals surface area (Å²) in [7, 11) is 0. The molecule has 0 aromatic carbocycles. The zero-order valence-electron chi connectivity index (χ0n) is 17.2. The Hall–Kier alpha value is -3.30. The Bertz CT molecular complexity index is 777. The Morgan fingerprint density at radius 2 is 2.10 bits per heavy atom. The van der Waals surface area contributed by atoms with Gasteiger partial charge < -0.3 is 31.0 Å². The lowest BCUT2D eigenvalue weighted by molar-refractivity contribution is -0.130. The van der Waals surface area contributed by atoms with Gasteiger partial charge in [0, 0.05) is 13.1 Å². The first-order valence-corrected chi connectivity index (χ1v) is 9.82. The monoisotopic (exact) mass is 419 g/mol. The minimum Gasteiger partial charge on any atom is -0.459 e. The third-order valence-corrected chi connectivity index (χ3v) is 4.71. The molecule has 30 heavy (non-hydrogen) atoms. The number of hydrogen-bond donors (Lipinski definition) is 4. The average Bonchev–Trinajstić information content (AvgIpc) is 3.35. The third kappa shape index (κ3) is 6.10. The molecule has 164 valence electrons. The SMILES string of the molecule is C=CCNC(=O)N[C@H]1C[C@@H](C(=O)N[C@@H](CC(C)C)C(N)=O)N(C(=O)c2ccco2)C1. The Labute approximate surface area is 175 Å². The lowest BCUT2D eigenvalue weighted by atomic mass is 10.0. The van der Waals surface area contributed by atoms with Gasteiger partial charge in [-0.15, -0.1) is 6.58 Å². The van der Waals surface area contributed by atoms with Gasteiger partial charge in [0.15, 0.2) is 5.76 Å². The summed E-state index contributed by atoms with van der Waals surface area (Å²) in [5.74, 6) is -1.41. The highest BCUT2D eigenvalue weighted by atomic mass is 16.3. The highest BCUT2D eigenvalue weighted by molar-refractivity contribution is 5.97. The number of carbonyl (C=O) groups excluding carboxylic acids is 4. The van der Waals surface area contributed by atoms with E-state index in [9.17, 15) is 19.2 Å². The quantitative estimate of drug-likeness (QED) is 0.427. The van der Waals surface area contributed by atoms with E-state index in [0.29, 0.717) is 6.42 Å². The van der Waals surface area contributed by atoms with Crippen molar-refractivity contribution in [3.8, 4) is 0 Å². The van der Waals surface area contributed by atoms with Crippen LogP contribution in [0.3, 0.4) is 0 Å². The van der Waals surface area contributed by atoms with Gasteiger partial charge in [0.05, 0.1) is 12.3 Å². The van der Waals surface area contributed by atoms with Gasteiger partial charge in [-0.25, -0.2) is 4.79 Å². The predicted molar refractivity (Wildman–Crippen MR) is 109 cm³/mol. The fourth-order valence-corrected chi connectivity index (χ4v) is 3.34. The summed E-state index contributed by atoms with van der Waals surface area (Å²) in [6.45, 7) is 7.75. The molecule has 1 aromatic rings. The molecule has 0 bridgehead atoms. The molecule has 10 nitrogen and oxygen atoms in total. The highest BCUT2D eigenvalue weighted by Gasteiger charge is 2.42. The van der Waals surface area contributed by atoms with Gasteiger partial charge in [-0.2, -0.15) is 0 Å². The molecule has 0 radical (unpaired) electrons. The summed E-state index contributed by atoms with van der Waals surface area (Å²) in [5, 5.41) is 7.98. The van der Waals surface area contributed by atoms with E-state index in [-0.39, 0.29) is 31.2 Å². The minimum atomic E-state index is -0.888. The number of nitrogens with zero attached hydrogens (tertiary/aromatic N) is 1. The van der Waals surface area contributed by atoms with E-state index in [1.54, 1.807) is 6.07 Å². The number of nitrogens with one attached hydrogen (secondary N) is 3. The van der Waals surface area contributed by atoms with Gasteiger partial charge in [0.25, 0.3) is 5.91 Å². The molecule has 5 N–H and O–H groups in total. The number of nitrogens with two attached hydrogens (primary N) is 1. The number of furan rings is 1. The van der Waals surface area contributed by atoms with Crippen LogP contribution in [0.5, 0.6) is 0 Å². The first-order valence-electron chi connectivity index (χ1n) is 9.82. The molecule has 1 saturated heterocycles. The highest BCUT2D eigenvalue weighted by Crippen LogP contribution is 2.22. The van der Waals surface area contributed by atoms with Crippen molar-refractivity contribution in [1.29, 1.82) is 0 Å². The van der Waals surface area contributed by atoms with Crippen LogP contribution in [-0.2, 0) is 9.59 Å². The van der Waals surface area contributed by atoms with Crippen molar-refractivity contribution in [3.63, 3.8) is 0 Å². The molecule has 1 aliphatic rings. The number of urea groups is 1. The topological polar surface area (TPSA) is 147 Å². The normalized spacial score (nSPS) is 19.2. The van der Waals surface area contributed by atoms with E-state index in [1.165, 1.54) is 23.3 Å². The zero-order valence-corrected chi connectivity index (χ0v) is 17.2. The first-order chi connectivity index (χ1) is 14.2. The van der Waals surface area contributed by atoms with Crippen molar-refractivity contribution >= 4 is 23.8 Å². The van der Waals surface area contributed by atoms with Crippen LogP contribution in [0.2, 0.25) is 0 Å². The fraction of sp³-hybridized carbons (Fsp3) is 0.500. The van der Waals surface area contributed by atoms with Gasteiger partial charge in [-0.05, 0) is 30.9 Å². The standard InChI is InChI=1S/C20H29N5O5/c1-4-7-22-20(29)23-13-10-15(18(27)24-14(17(21)26)9-12(2)3)25(11-13)19(28)16-6-5-8-30-16/h4-6,8,12-15H,1,7,9-11H2,2-3H3,(H2,21,26)(H,24,27)(H2,22,23,29)/t13-,14-,15-/m0/s1. The second-order valence-electron chi connectivity index (χ2n) is 7.62. The van der Waals surface area contributed by atoms with Gasteiger partial charge in [-0.3, -0.25) is 14.4 Å². The summed E-state index contributed by atoms with van der Waals surface area (Å²) >= 11 is 0. The number of likely N-dealkylation sites (tertiary alicyclic amines) is 1. The minimum absolute atomic E-state index is 0.0817. The molecule has 2 rings (SSSR count). The Balaban J connectivity index is 2.15. The van der Waals surface area contributed by atoms with Gasteiger partial charge in [0.1, 0.15) is 12.1 Å².